The molecule has 0 spiro atoms. The molecule has 2 heterocycles. The van der Waals surface area contributed by atoms with Crippen molar-refractivity contribution in [2.24, 2.45) is 0 Å². The summed E-state index contributed by atoms with van der Waals surface area (Å²) in [5.41, 5.74) is 2.13. The van der Waals surface area contributed by atoms with E-state index in [1.165, 1.54) is 12.3 Å². The maximum atomic E-state index is 12.2. The fraction of sp³-hybridized carbons (Fsp3) is 0.393. The first kappa shape index (κ1) is 28.5. The van der Waals surface area contributed by atoms with Crippen molar-refractivity contribution in [1.29, 1.82) is 0 Å². The molecule has 1 amide bonds. The first-order valence-electron chi connectivity index (χ1n) is 12.2. The Morgan fingerprint density at radius 1 is 0.973 bits per heavy atom. The summed E-state index contributed by atoms with van der Waals surface area (Å²) < 4.78 is 11.4. The minimum Gasteiger partial charge on any atom is -0.545 e. The standard InChI is InChI=1S/C28H33N3O5.Li/c1-28(2,3)36-27(34)31-16-14-30(15-17-31)13-4-18-35-22-8-5-20(6-9-22)21-7-10-25-24(19-21)23(26(32)33)11-12-29-25;/h5-12,19H,4,13-18H2,1-3H3,(H,32,33);/q;+1/p-1. The van der Waals surface area contributed by atoms with Gasteiger partial charge in [0.05, 0.1) is 18.1 Å². The molecule has 1 aliphatic rings. The number of carboxylic acid groups (broad SMARTS) is 1. The van der Waals surface area contributed by atoms with E-state index in [0.29, 0.717) is 30.6 Å². The molecule has 3 aromatic rings. The summed E-state index contributed by atoms with van der Waals surface area (Å²) in [7, 11) is 0. The number of nitrogens with zero attached hydrogens (tertiary/aromatic N) is 3. The zero-order valence-electron chi connectivity index (χ0n) is 22.0. The topological polar surface area (TPSA) is 95.0 Å². The smallest absolute Gasteiger partial charge is 0.545 e. The van der Waals surface area contributed by atoms with Crippen molar-refractivity contribution in [1.82, 2.24) is 14.8 Å². The van der Waals surface area contributed by atoms with Gasteiger partial charge in [0.15, 0.2) is 0 Å². The molecule has 9 heteroatoms. The van der Waals surface area contributed by atoms with Crippen molar-refractivity contribution < 1.29 is 43.0 Å². The SMILES string of the molecule is CC(C)(C)OC(=O)N1CCN(CCCOc2ccc(-c3ccc4nccc(C(=O)[O-])c4c3)cc2)CC1.[Li+]. The summed E-state index contributed by atoms with van der Waals surface area (Å²) in [6.07, 6.45) is 2.12. The van der Waals surface area contributed by atoms with Gasteiger partial charge in [-0.15, -0.1) is 0 Å². The van der Waals surface area contributed by atoms with E-state index in [4.69, 9.17) is 9.47 Å². The van der Waals surface area contributed by atoms with Crippen LogP contribution in [0.4, 0.5) is 4.79 Å². The molecule has 0 radical (unpaired) electrons. The summed E-state index contributed by atoms with van der Waals surface area (Å²) in [6, 6.07) is 14.8. The van der Waals surface area contributed by atoms with Crippen LogP contribution in [0.3, 0.4) is 0 Å². The van der Waals surface area contributed by atoms with Crippen molar-refractivity contribution in [3.63, 3.8) is 0 Å². The van der Waals surface area contributed by atoms with Crippen LogP contribution in [0.15, 0.2) is 54.7 Å². The maximum Gasteiger partial charge on any atom is 1.00 e. The fourth-order valence-electron chi connectivity index (χ4n) is 4.21. The predicted molar refractivity (Wildman–Crippen MR) is 136 cm³/mol. The zero-order valence-corrected chi connectivity index (χ0v) is 22.0. The predicted octanol–water partition coefficient (Wildman–Crippen LogP) is 0.591. The number of carboxylic acids is 1. The molecule has 0 saturated carbocycles. The monoisotopic (exact) mass is 497 g/mol. The van der Waals surface area contributed by atoms with E-state index in [-0.39, 0.29) is 30.5 Å². The number of amides is 1. The second kappa shape index (κ2) is 12.5. The molecule has 0 bridgehead atoms. The van der Waals surface area contributed by atoms with Crippen molar-refractivity contribution in [3.8, 4) is 16.9 Å². The first-order valence-corrected chi connectivity index (χ1v) is 12.2. The van der Waals surface area contributed by atoms with Crippen LogP contribution in [0, 0.1) is 0 Å². The Morgan fingerprint density at radius 2 is 1.65 bits per heavy atom. The van der Waals surface area contributed by atoms with Gasteiger partial charge in [-0.1, -0.05) is 18.2 Å². The van der Waals surface area contributed by atoms with Crippen molar-refractivity contribution in [2.45, 2.75) is 32.8 Å². The Kier molecular flexibility index (Phi) is 9.60. The van der Waals surface area contributed by atoms with E-state index >= 15 is 0 Å². The van der Waals surface area contributed by atoms with Crippen LogP contribution < -0.4 is 28.7 Å². The first-order chi connectivity index (χ1) is 17.2. The van der Waals surface area contributed by atoms with Gasteiger partial charge >= 0.3 is 25.0 Å². The number of benzene rings is 2. The van der Waals surface area contributed by atoms with Crippen LogP contribution in [0.25, 0.3) is 22.0 Å². The summed E-state index contributed by atoms with van der Waals surface area (Å²) >= 11 is 0. The van der Waals surface area contributed by atoms with Gasteiger partial charge < -0.3 is 24.3 Å². The van der Waals surface area contributed by atoms with Gasteiger partial charge in [-0.3, -0.25) is 9.88 Å². The Morgan fingerprint density at radius 3 is 2.30 bits per heavy atom. The number of fused-ring (bicyclic) bond motifs is 1. The molecule has 0 aliphatic carbocycles. The van der Waals surface area contributed by atoms with E-state index in [1.807, 2.05) is 63.2 Å². The van der Waals surface area contributed by atoms with Gasteiger partial charge in [0, 0.05) is 49.9 Å². The number of pyridine rings is 1. The fourth-order valence-corrected chi connectivity index (χ4v) is 4.21. The van der Waals surface area contributed by atoms with E-state index in [0.717, 1.165) is 42.9 Å². The largest absolute Gasteiger partial charge is 1.00 e. The molecule has 4 rings (SSSR count). The van der Waals surface area contributed by atoms with Crippen LogP contribution in [0.1, 0.15) is 37.6 Å². The third-order valence-electron chi connectivity index (χ3n) is 6.06. The van der Waals surface area contributed by atoms with Gasteiger partial charge in [0.2, 0.25) is 0 Å². The summed E-state index contributed by atoms with van der Waals surface area (Å²) in [5.74, 6) is -0.431. The molecule has 0 N–H and O–H groups in total. The number of ether oxygens (including phenoxy) is 2. The normalized spacial score (nSPS) is 14.2. The number of hydrogen-bond donors (Lipinski definition) is 0. The van der Waals surface area contributed by atoms with Gasteiger partial charge in [-0.05, 0) is 68.7 Å². The maximum absolute atomic E-state index is 12.2. The third kappa shape index (κ3) is 7.72. The molecule has 1 aliphatic heterocycles. The molecule has 37 heavy (non-hydrogen) atoms. The second-order valence-corrected chi connectivity index (χ2v) is 9.91. The van der Waals surface area contributed by atoms with Gasteiger partial charge in [0.1, 0.15) is 11.4 Å². The average Bonchev–Trinajstić information content (AvgIpc) is 2.85. The Labute approximate surface area is 229 Å². The molecule has 190 valence electrons. The summed E-state index contributed by atoms with van der Waals surface area (Å²) in [5, 5.41) is 12.0. The van der Waals surface area contributed by atoms with Gasteiger partial charge in [-0.2, -0.15) is 0 Å². The Balaban J connectivity index is 0.00000380. The number of carbonyl (C=O) groups is 2. The molecule has 0 atom stereocenters. The summed E-state index contributed by atoms with van der Waals surface area (Å²) in [4.78, 5) is 32.0. The van der Waals surface area contributed by atoms with Crippen LogP contribution in [0.5, 0.6) is 5.75 Å². The molecule has 8 nitrogen and oxygen atoms in total. The van der Waals surface area contributed by atoms with Crippen molar-refractivity contribution in [2.75, 3.05) is 39.3 Å². The zero-order chi connectivity index (χ0) is 25.7. The van der Waals surface area contributed by atoms with E-state index in [9.17, 15) is 14.7 Å². The number of rotatable bonds is 7. The molecular weight excluding hydrogens is 465 g/mol. The molecule has 1 fully saturated rings. The van der Waals surface area contributed by atoms with Crippen LogP contribution in [-0.2, 0) is 4.74 Å². The molecule has 1 aromatic heterocycles. The quantitative estimate of drug-likeness (QED) is 0.348. The van der Waals surface area contributed by atoms with Gasteiger partial charge in [0.25, 0.3) is 0 Å². The number of piperazine rings is 1. The molecule has 2 aromatic carbocycles. The average molecular weight is 498 g/mol. The third-order valence-corrected chi connectivity index (χ3v) is 6.06. The van der Waals surface area contributed by atoms with E-state index in [1.54, 1.807) is 4.90 Å². The minimum atomic E-state index is -1.21. The number of hydrogen-bond acceptors (Lipinski definition) is 7. The minimum absolute atomic E-state index is 0. The molecule has 1 saturated heterocycles. The Bertz CT molecular complexity index is 1220. The van der Waals surface area contributed by atoms with E-state index < -0.39 is 11.6 Å². The van der Waals surface area contributed by atoms with Crippen LogP contribution in [-0.4, -0.2) is 71.8 Å². The number of carbonyl (C=O) groups excluding carboxylic acids is 2. The van der Waals surface area contributed by atoms with Crippen LogP contribution >= 0.6 is 0 Å². The number of aromatic carboxylic acids is 1. The molecular formula is C28H32LiN3O5. The number of aromatic nitrogens is 1. The van der Waals surface area contributed by atoms with Gasteiger partial charge in [-0.25, -0.2) is 4.79 Å². The van der Waals surface area contributed by atoms with Crippen molar-refractivity contribution in [3.05, 3.63) is 60.3 Å². The van der Waals surface area contributed by atoms with Crippen molar-refractivity contribution >= 4 is 23.0 Å². The molecule has 0 unspecified atom stereocenters. The Hall–Kier alpha value is -3.05. The second-order valence-electron chi connectivity index (χ2n) is 9.91. The van der Waals surface area contributed by atoms with Crippen LogP contribution in [0.2, 0.25) is 0 Å². The van der Waals surface area contributed by atoms with E-state index in [2.05, 4.69) is 9.88 Å². The summed E-state index contributed by atoms with van der Waals surface area (Å²) in [6.45, 7) is 10.1.